The minimum Gasteiger partial charge on any atom is -0.483 e. The van der Waals surface area contributed by atoms with Crippen molar-refractivity contribution in [2.45, 2.75) is 38.7 Å². The van der Waals surface area contributed by atoms with Gasteiger partial charge in [-0.2, -0.15) is 26.3 Å². The number of alkyl halides is 6. The van der Waals surface area contributed by atoms with Gasteiger partial charge in [-0.1, -0.05) is 24.3 Å². The number of benzene rings is 2. The van der Waals surface area contributed by atoms with Gasteiger partial charge in [-0.15, -0.1) is 0 Å². The molecule has 2 N–H and O–H groups in total. The second-order valence-corrected chi connectivity index (χ2v) is 8.62. The first kappa shape index (κ1) is 26.3. The minimum atomic E-state index is -5.03. The predicted molar refractivity (Wildman–Crippen MR) is 124 cm³/mol. The molecule has 2 aromatic rings. The van der Waals surface area contributed by atoms with E-state index >= 15 is 0 Å². The highest BCUT2D eigenvalue weighted by atomic mass is 19.4. The van der Waals surface area contributed by atoms with Crippen molar-refractivity contribution in [3.8, 4) is 5.75 Å². The number of carbonyl (C=O) groups excluding carboxylic acids is 1. The van der Waals surface area contributed by atoms with Gasteiger partial charge in [0.25, 0.3) is 0 Å². The van der Waals surface area contributed by atoms with Crippen molar-refractivity contribution < 1.29 is 41.1 Å². The summed E-state index contributed by atoms with van der Waals surface area (Å²) in [5, 5.41) is 13.5. The summed E-state index contributed by atoms with van der Waals surface area (Å²) in [6, 6.07) is 7.88. The summed E-state index contributed by atoms with van der Waals surface area (Å²) in [7, 11) is 0. The maximum atomic E-state index is 13.5. The van der Waals surface area contributed by atoms with Crippen LogP contribution in [0.5, 0.6) is 5.75 Å². The molecule has 12 heteroatoms. The number of hydrogen-bond donors (Lipinski definition) is 2. The van der Waals surface area contributed by atoms with Gasteiger partial charge < -0.3 is 10.1 Å². The van der Waals surface area contributed by atoms with Crippen LogP contribution in [-0.2, 0) is 11.0 Å². The third-order valence-electron chi connectivity index (χ3n) is 5.71. The number of nitrogens with one attached hydrogen (secondary N) is 1. The lowest BCUT2D eigenvalue weighted by Gasteiger charge is -2.27. The van der Waals surface area contributed by atoms with Gasteiger partial charge in [0.1, 0.15) is 5.75 Å². The van der Waals surface area contributed by atoms with Crippen molar-refractivity contribution in [1.29, 1.82) is 0 Å². The molecule has 0 aliphatic carbocycles. The van der Waals surface area contributed by atoms with Crippen LogP contribution in [0.4, 0.5) is 37.7 Å². The van der Waals surface area contributed by atoms with E-state index in [-0.39, 0.29) is 29.5 Å². The summed E-state index contributed by atoms with van der Waals surface area (Å²) >= 11 is 0. The van der Waals surface area contributed by atoms with Gasteiger partial charge in [-0.3, -0.25) is 15.1 Å². The monoisotopic (exact) mass is 525 g/mol. The fourth-order valence-electron chi connectivity index (χ4n) is 4.01. The number of nitrogens with zero attached hydrogens (tertiary/aromatic N) is 2. The van der Waals surface area contributed by atoms with E-state index in [1.807, 2.05) is 12.1 Å². The van der Waals surface area contributed by atoms with E-state index in [9.17, 15) is 36.3 Å². The van der Waals surface area contributed by atoms with Crippen molar-refractivity contribution in [3.05, 3.63) is 70.9 Å². The van der Waals surface area contributed by atoms with E-state index in [1.54, 1.807) is 38.1 Å². The molecule has 2 heterocycles. The zero-order chi connectivity index (χ0) is 27.1. The Morgan fingerprint density at radius 3 is 2.49 bits per heavy atom. The summed E-state index contributed by atoms with van der Waals surface area (Å²) in [6.45, 7) is 1.61. The Hall–Kier alpha value is -3.80. The molecule has 0 bridgehead atoms. The Balaban J connectivity index is 1.77. The Bertz CT molecular complexity index is 1330. The molecular formula is C25H21F6N3O3. The summed E-state index contributed by atoms with van der Waals surface area (Å²) in [6.07, 6.45) is -6.59. The van der Waals surface area contributed by atoms with Gasteiger partial charge in [0.05, 0.1) is 35.1 Å². The first-order valence-corrected chi connectivity index (χ1v) is 11.0. The lowest BCUT2D eigenvalue weighted by molar-refractivity contribution is -0.158. The highest BCUT2D eigenvalue weighted by Crippen LogP contribution is 2.43. The molecule has 4 rings (SSSR count). The van der Waals surface area contributed by atoms with Crippen LogP contribution >= 0.6 is 0 Å². The highest BCUT2D eigenvalue weighted by Gasteiger charge is 2.38. The molecular weight excluding hydrogens is 504 g/mol. The number of anilines is 1. The Kier molecular flexibility index (Phi) is 6.80. The second-order valence-electron chi connectivity index (χ2n) is 8.62. The molecule has 2 aliphatic rings. The molecule has 0 fully saturated rings. The molecule has 37 heavy (non-hydrogen) atoms. The zero-order valence-corrected chi connectivity index (χ0v) is 19.5. The number of hydrogen-bond acceptors (Lipinski definition) is 5. The number of amides is 1. The molecule has 1 atom stereocenters. The topological polar surface area (TPSA) is 74.2 Å². The van der Waals surface area contributed by atoms with Crippen LogP contribution in [0.3, 0.4) is 0 Å². The summed E-state index contributed by atoms with van der Waals surface area (Å²) in [5.74, 6) is -1.69. The first-order chi connectivity index (χ1) is 17.2. The molecule has 0 saturated heterocycles. The molecule has 1 amide bonds. The maximum Gasteiger partial charge on any atom is 0.422 e. The van der Waals surface area contributed by atoms with E-state index in [0.29, 0.717) is 17.3 Å². The Labute approximate surface area is 207 Å². The number of carbonyl (C=O) groups is 1. The normalized spacial score (nSPS) is 18.3. The van der Waals surface area contributed by atoms with Crippen LogP contribution in [0.25, 0.3) is 5.57 Å². The number of hydroxylamine groups is 2. The van der Waals surface area contributed by atoms with E-state index in [2.05, 4.69) is 15.0 Å². The van der Waals surface area contributed by atoms with Crippen LogP contribution in [-0.4, -0.2) is 40.7 Å². The van der Waals surface area contributed by atoms with Crippen LogP contribution in [0.15, 0.2) is 59.2 Å². The number of rotatable bonds is 4. The number of allylic oxidation sites excluding steroid dienone is 3. The molecule has 196 valence electrons. The van der Waals surface area contributed by atoms with Crippen LogP contribution in [0.1, 0.15) is 37.0 Å². The summed E-state index contributed by atoms with van der Waals surface area (Å²) < 4.78 is 83.0. The van der Waals surface area contributed by atoms with Crippen molar-refractivity contribution in [1.82, 2.24) is 5.06 Å². The molecule has 0 aromatic heterocycles. The van der Waals surface area contributed by atoms with Crippen LogP contribution in [0.2, 0.25) is 0 Å². The molecule has 0 saturated carbocycles. The smallest absolute Gasteiger partial charge is 0.422 e. The van der Waals surface area contributed by atoms with Gasteiger partial charge in [0, 0.05) is 11.8 Å². The van der Waals surface area contributed by atoms with Gasteiger partial charge in [-0.05, 0) is 48.8 Å². The summed E-state index contributed by atoms with van der Waals surface area (Å²) in [5.41, 5.74) is 0.914. The number of halogens is 6. The largest absolute Gasteiger partial charge is 0.483 e. The third-order valence-corrected chi connectivity index (χ3v) is 5.71. The van der Waals surface area contributed by atoms with Crippen LogP contribution < -0.4 is 10.1 Å². The average Bonchev–Trinajstić information content (AvgIpc) is 2.96. The van der Waals surface area contributed by atoms with E-state index in [4.69, 9.17) is 0 Å². The Morgan fingerprint density at radius 2 is 1.84 bits per heavy atom. The lowest BCUT2D eigenvalue weighted by atomic mass is 9.96. The number of ether oxygens (including phenoxy) is 1. The fourth-order valence-corrected chi connectivity index (χ4v) is 4.01. The van der Waals surface area contributed by atoms with Gasteiger partial charge >= 0.3 is 12.4 Å². The molecule has 6 nitrogen and oxygen atoms in total. The van der Waals surface area contributed by atoms with Crippen molar-refractivity contribution in [3.63, 3.8) is 0 Å². The number of aliphatic imine (C=N–C) groups is 1. The third kappa shape index (κ3) is 5.96. The molecule has 2 aromatic carbocycles. The highest BCUT2D eigenvalue weighted by molar-refractivity contribution is 6.17. The molecule has 0 radical (unpaired) electrons. The van der Waals surface area contributed by atoms with E-state index in [1.165, 1.54) is 0 Å². The van der Waals surface area contributed by atoms with Gasteiger partial charge in [-0.25, -0.2) is 4.99 Å². The predicted octanol–water partition coefficient (Wildman–Crippen LogP) is 6.49. The van der Waals surface area contributed by atoms with Gasteiger partial charge in [0.2, 0.25) is 5.91 Å². The quantitative estimate of drug-likeness (QED) is 0.448. The van der Waals surface area contributed by atoms with Gasteiger partial charge in [0.15, 0.2) is 6.61 Å². The number of fused-ring (bicyclic) bond motifs is 1. The summed E-state index contributed by atoms with van der Waals surface area (Å²) in [4.78, 5) is 16.9. The van der Waals surface area contributed by atoms with Crippen molar-refractivity contribution >= 4 is 28.6 Å². The standard InChI is InChI=1S/C25H21F6N3O3/c1-13-6-17(7-14(2)34(13)36)15-4-3-5-16(8-15)19-11-23(35)33-20-9-18(25(29,30)31)22(10-21(20)32-19)37-12-24(26,27)28/h3-10,13,36H,11-12H2,1-2H3,(H,33,35). The second kappa shape index (κ2) is 9.58. The molecule has 0 spiro atoms. The van der Waals surface area contributed by atoms with Crippen LogP contribution in [0, 0.1) is 0 Å². The SMILES string of the molecule is CC1=CC(c2cccc(C3=Nc4cc(OCC(F)(F)F)c(C(F)(F)F)cc4NC(=O)C3)c2)=CC(C)N1O. The molecule has 2 aliphatic heterocycles. The van der Waals surface area contributed by atoms with E-state index < -0.39 is 36.2 Å². The minimum absolute atomic E-state index is 0.173. The van der Waals surface area contributed by atoms with Crippen molar-refractivity contribution in [2.75, 3.05) is 11.9 Å². The fraction of sp³-hybridized carbons (Fsp3) is 0.280. The van der Waals surface area contributed by atoms with Crippen molar-refractivity contribution in [2.24, 2.45) is 4.99 Å². The first-order valence-electron chi connectivity index (χ1n) is 11.0. The zero-order valence-electron chi connectivity index (χ0n) is 19.5. The molecule has 1 unspecified atom stereocenters. The average molecular weight is 525 g/mol. The maximum absolute atomic E-state index is 13.5. The lowest BCUT2D eigenvalue weighted by Crippen LogP contribution is -2.28. The Morgan fingerprint density at radius 1 is 1.14 bits per heavy atom. The van der Waals surface area contributed by atoms with E-state index in [0.717, 1.165) is 22.3 Å².